The van der Waals surface area contributed by atoms with Gasteiger partial charge in [0.15, 0.2) is 0 Å². The van der Waals surface area contributed by atoms with Crippen LogP contribution in [0.15, 0.2) is 0 Å². The van der Waals surface area contributed by atoms with Crippen LogP contribution in [0.5, 0.6) is 0 Å². The molecule has 4 heteroatoms. The summed E-state index contributed by atoms with van der Waals surface area (Å²) >= 11 is 0. The highest BCUT2D eigenvalue weighted by Gasteiger charge is 2.32. The smallest absolute Gasteiger partial charge is 0.309 e. The molecule has 0 saturated heterocycles. The Balaban J connectivity index is 2.35. The molecule has 0 heterocycles. The molecular weight excluding hydrogens is 376 g/mol. The molecule has 176 valence electrons. The lowest BCUT2D eigenvalue weighted by atomic mass is 9.81. The van der Waals surface area contributed by atoms with Crippen LogP contribution in [-0.2, 0) is 14.3 Å². The summed E-state index contributed by atoms with van der Waals surface area (Å²) < 4.78 is 5.94. The Morgan fingerprint density at radius 2 is 1.40 bits per heavy atom. The molecule has 0 aromatic rings. The van der Waals surface area contributed by atoms with Gasteiger partial charge in [0, 0.05) is 0 Å². The lowest BCUT2D eigenvalue weighted by Crippen LogP contribution is -2.31. The van der Waals surface area contributed by atoms with Crippen LogP contribution in [0.3, 0.4) is 0 Å². The van der Waals surface area contributed by atoms with Crippen molar-refractivity contribution >= 4 is 11.9 Å². The zero-order valence-electron chi connectivity index (χ0n) is 20.0. The van der Waals surface area contributed by atoms with Crippen molar-refractivity contribution in [2.75, 3.05) is 0 Å². The maximum atomic E-state index is 12.7. The van der Waals surface area contributed by atoms with Crippen LogP contribution < -0.4 is 0 Å². The van der Waals surface area contributed by atoms with Gasteiger partial charge in [0.25, 0.3) is 0 Å². The highest BCUT2D eigenvalue weighted by molar-refractivity contribution is 5.75. The number of unbranched alkanes of at least 4 members (excludes halogenated alkanes) is 8. The molecule has 1 saturated carbocycles. The first-order chi connectivity index (χ1) is 14.4. The minimum Gasteiger partial charge on any atom is -0.481 e. The number of carboxylic acid groups (broad SMARTS) is 1. The van der Waals surface area contributed by atoms with Gasteiger partial charge in [0.1, 0.15) is 6.10 Å². The van der Waals surface area contributed by atoms with Gasteiger partial charge in [-0.1, -0.05) is 85.0 Å². The maximum absolute atomic E-state index is 12.7. The van der Waals surface area contributed by atoms with E-state index in [0.29, 0.717) is 18.8 Å². The van der Waals surface area contributed by atoms with Crippen molar-refractivity contribution < 1.29 is 19.4 Å². The van der Waals surface area contributed by atoms with Crippen molar-refractivity contribution in [2.24, 2.45) is 17.8 Å². The summed E-state index contributed by atoms with van der Waals surface area (Å²) in [5.41, 5.74) is 0. The number of ether oxygens (including phenoxy) is 1. The van der Waals surface area contributed by atoms with Gasteiger partial charge in [-0.3, -0.25) is 9.59 Å². The maximum Gasteiger partial charge on any atom is 0.309 e. The van der Waals surface area contributed by atoms with Crippen LogP contribution in [0.1, 0.15) is 130 Å². The number of esters is 1. The van der Waals surface area contributed by atoms with Crippen molar-refractivity contribution in [1.82, 2.24) is 0 Å². The van der Waals surface area contributed by atoms with Gasteiger partial charge < -0.3 is 9.84 Å². The molecule has 1 aliphatic rings. The summed E-state index contributed by atoms with van der Waals surface area (Å²) in [5, 5.41) is 9.28. The summed E-state index contributed by atoms with van der Waals surface area (Å²) in [6.45, 7) is 6.72. The highest BCUT2D eigenvalue weighted by atomic mass is 16.5. The van der Waals surface area contributed by atoms with Gasteiger partial charge in [-0.2, -0.15) is 0 Å². The molecular formula is C26H48O4. The third-order valence-corrected chi connectivity index (χ3v) is 6.58. The van der Waals surface area contributed by atoms with E-state index in [-0.39, 0.29) is 23.9 Å². The van der Waals surface area contributed by atoms with Crippen molar-refractivity contribution in [3.05, 3.63) is 0 Å². The number of carbonyl (C=O) groups is 2. The van der Waals surface area contributed by atoms with E-state index in [2.05, 4.69) is 20.8 Å². The molecule has 0 aromatic heterocycles. The van der Waals surface area contributed by atoms with E-state index < -0.39 is 5.97 Å². The summed E-state index contributed by atoms with van der Waals surface area (Å²) in [6, 6.07) is 0. The largest absolute Gasteiger partial charge is 0.481 e. The zero-order valence-corrected chi connectivity index (χ0v) is 20.0. The summed E-state index contributed by atoms with van der Waals surface area (Å²) in [5.74, 6) is -0.852. The first-order valence-electron chi connectivity index (χ1n) is 12.9. The van der Waals surface area contributed by atoms with Gasteiger partial charge in [-0.05, 0) is 50.9 Å². The summed E-state index contributed by atoms with van der Waals surface area (Å²) in [4.78, 5) is 24.0. The molecule has 0 aromatic carbocycles. The first-order valence-corrected chi connectivity index (χ1v) is 12.9. The van der Waals surface area contributed by atoms with E-state index >= 15 is 0 Å². The molecule has 4 nitrogen and oxygen atoms in total. The normalized spacial score (nSPS) is 20.3. The van der Waals surface area contributed by atoms with E-state index in [4.69, 9.17) is 4.74 Å². The van der Waals surface area contributed by atoms with Gasteiger partial charge in [-0.25, -0.2) is 0 Å². The first kappa shape index (κ1) is 27.0. The second-order valence-corrected chi connectivity index (χ2v) is 9.90. The molecule has 1 N–H and O–H groups in total. The molecule has 3 atom stereocenters. The number of carboxylic acids is 1. The molecule has 1 fully saturated rings. The third kappa shape index (κ3) is 12.6. The van der Waals surface area contributed by atoms with Crippen molar-refractivity contribution in [1.29, 1.82) is 0 Å². The Morgan fingerprint density at radius 3 is 2.00 bits per heavy atom. The van der Waals surface area contributed by atoms with E-state index in [1.54, 1.807) is 0 Å². The molecule has 0 bridgehead atoms. The minimum atomic E-state index is -0.768. The molecule has 1 aliphatic carbocycles. The number of rotatable bonds is 17. The molecule has 30 heavy (non-hydrogen) atoms. The van der Waals surface area contributed by atoms with Crippen LogP contribution in [0.2, 0.25) is 0 Å². The predicted octanol–water partition coefficient (Wildman–Crippen LogP) is 7.54. The Labute approximate surface area is 185 Å². The van der Waals surface area contributed by atoms with E-state index in [1.165, 1.54) is 51.4 Å². The lowest BCUT2D eigenvalue weighted by molar-refractivity contribution is -0.158. The average Bonchev–Trinajstić information content (AvgIpc) is 2.72. The second-order valence-electron chi connectivity index (χ2n) is 9.90. The Morgan fingerprint density at radius 1 is 0.833 bits per heavy atom. The fraction of sp³-hybridized carbons (Fsp3) is 0.923. The summed E-state index contributed by atoms with van der Waals surface area (Å²) in [6.07, 6.45) is 18.6. The van der Waals surface area contributed by atoms with Crippen LogP contribution in [-0.4, -0.2) is 23.1 Å². The quantitative estimate of drug-likeness (QED) is 0.193. The highest BCUT2D eigenvalue weighted by Crippen LogP contribution is 2.31. The minimum absolute atomic E-state index is 0.00556. The van der Waals surface area contributed by atoms with Gasteiger partial charge in [0.2, 0.25) is 0 Å². The molecule has 1 rings (SSSR count). The van der Waals surface area contributed by atoms with Crippen LogP contribution in [0, 0.1) is 17.8 Å². The monoisotopic (exact) mass is 424 g/mol. The van der Waals surface area contributed by atoms with E-state index in [0.717, 1.165) is 44.9 Å². The van der Waals surface area contributed by atoms with Crippen molar-refractivity contribution in [2.45, 2.75) is 136 Å². The van der Waals surface area contributed by atoms with E-state index in [9.17, 15) is 14.7 Å². The molecule has 0 amide bonds. The third-order valence-electron chi connectivity index (χ3n) is 6.58. The van der Waals surface area contributed by atoms with Crippen LogP contribution >= 0.6 is 0 Å². The molecule has 3 unspecified atom stereocenters. The second kappa shape index (κ2) is 16.6. The number of aliphatic carboxylic acids is 1. The van der Waals surface area contributed by atoms with E-state index in [1.807, 2.05) is 0 Å². The van der Waals surface area contributed by atoms with Gasteiger partial charge in [0.05, 0.1) is 11.8 Å². The SMILES string of the molecule is CCCCCCCCCCCC(CCCC(C)C)OC(=O)C1CCCC(C(=O)O)C1. The Kier molecular flexibility index (Phi) is 14.9. The standard InChI is InChI=1S/C26H48O4/c1-4-5-6-7-8-9-10-11-12-18-24(19-13-15-21(2)3)30-26(29)23-17-14-16-22(20-23)25(27)28/h21-24H,4-20H2,1-3H3,(H,27,28). The fourth-order valence-corrected chi connectivity index (χ4v) is 4.59. The Bertz CT molecular complexity index is 460. The zero-order chi connectivity index (χ0) is 22.2. The van der Waals surface area contributed by atoms with Crippen LogP contribution in [0.25, 0.3) is 0 Å². The average molecular weight is 425 g/mol. The predicted molar refractivity (Wildman–Crippen MR) is 123 cm³/mol. The Hall–Kier alpha value is -1.06. The van der Waals surface area contributed by atoms with Crippen molar-refractivity contribution in [3.8, 4) is 0 Å². The topological polar surface area (TPSA) is 63.6 Å². The summed E-state index contributed by atoms with van der Waals surface area (Å²) in [7, 11) is 0. The molecule has 0 spiro atoms. The number of hydrogen-bond acceptors (Lipinski definition) is 3. The van der Waals surface area contributed by atoms with Gasteiger partial charge in [-0.15, -0.1) is 0 Å². The molecule has 0 aliphatic heterocycles. The number of hydrogen-bond donors (Lipinski definition) is 1. The van der Waals surface area contributed by atoms with Crippen molar-refractivity contribution in [3.63, 3.8) is 0 Å². The fourth-order valence-electron chi connectivity index (χ4n) is 4.59. The molecule has 0 radical (unpaired) electrons. The van der Waals surface area contributed by atoms with Gasteiger partial charge >= 0.3 is 11.9 Å². The van der Waals surface area contributed by atoms with Crippen LogP contribution in [0.4, 0.5) is 0 Å². The lowest BCUT2D eigenvalue weighted by Gasteiger charge is -2.27. The number of carbonyl (C=O) groups excluding carboxylic acids is 1.